The van der Waals surface area contributed by atoms with Crippen LogP contribution in [0.15, 0.2) is 42.6 Å². The van der Waals surface area contributed by atoms with Gasteiger partial charge in [0.05, 0.1) is 5.52 Å². The van der Waals surface area contributed by atoms with Gasteiger partial charge in [0.25, 0.3) is 11.8 Å². The first kappa shape index (κ1) is 18.5. The minimum atomic E-state index is -0.899. The van der Waals surface area contributed by atoms with E-state index in [4.69, 9.17) is 0 Å². The van der Waals surface area contributed by atoms with E-state index < -0.39 is 23.2 Å². The summed E-state index contributed by atoms with van der Waals surface area (Å²) in [5.74, 6) is -3.07. The lowest BCUT2D eigenvalue weighted by Crippen LogP contribution is -2.31. The zero-order valence-corrected chi connectivity index (χ0v) is 14.9. The number of nitrogens with zero attached hydrogens (tertiary/aromatic N) is 3. The number of anilines is 1. The number of fused-ring (bicyclic) bond motifs is 1. The van der Waals surface area contributed by atoms with Gasteiger partial charge < -0.3 is 10.2 Å². The summed E-state index contributed by atoms with van der Waals surface area (Å²) < 4.78 is 29.1. The highest BCUT2D eigenvalue weighted by atomic mass is 19.1. The van der Waals surface area contributed by atoms with Gasteiger partial charge in [0.1, 0.15) is 17.3 Å². The van der Waals surface area contributed by atoms with Crippen LogP contribution in [0, 0.1) is 11.6 Å². The van der Waals surface area contributed by atoms with E-state index in [0.717, 1.165) is 12.1 Å². The second-order valence-corrected chi connectivity index (χ2v) is 5.77. The zero-order chi connectivity index (χ0) is 19.6. The Bertz CT molecular complexity index is 992. The van der Waals surface area contributed by atoms with Crippen molar-refractivity contribution in [3.05, 3.63) is 65.7 Å². The van der Waals surface area contributed by atoms with E-state index in [0.29, 0.717) is 18.6 Å². The van der Waals surface area contributed by atoms with Gasteiger partial charge in [-0.25, -0.2) is 13.8 Å². The van der Waals surface area contributed by atoms with Crippen molar-refractivity contribution < 1.29 is 18.4 Å². The Morgan fingerprint density at radius 2 is 1.74 bits per heavy atom. The average molecular weight is 372 g/mol. The van der Waals surface area contributed by atoms with Crippen molar-refractivity contribution in [2.75, 3.05) is 18.4 Å². The highest BCUT2D eigenvalue weighted by Crippen LogP contribution is 2.20. The molecule has 140 valence electrons. The van der Waals surface area contributed by atoms with Gasteiger partial charge in [0.2, 0.25) is 5.82 Å². The molecule has 2 heterocycles. The average Bonchev–Trinajstić information content (AvgIpc) is 3.05. The molecule has 3 aromatic rings. The maximum absolute atomic E-state index is 13.8. The lowest BCUT2D eigenvalue weighted by molar-refractivity contribution is 0.0769. The number of carbonyl (C=O) groups is 2. The standard InChI is InChI=1S/C19H18F2N4O2/c1-3-24(4-2)19(27)16-14-10-5-6-11-25(14)17(22-16)18(26)23-15-12(20)8-7-9-13(15)21/h5-11H,3-4H2,1-2H3,(H,23,26). The first-order chi connectivity index (χ1) is 13.0. The number of carbonyl (C=O) groups excluding carboxylic acids is 2. The third kappa shape index (κ3) is 3.38. The molecular weight excluding hydrogens is 354 g/mol. The summed E-state index contributed by atoms with van der Waals surface area (Å²) in [6.07, 6.45) is 1.56. The number of para-hydroxylation sites is 1. The summed E-state index contributed by atoms with van der Waals surface area (Å²) in [6.45, 7) is 4.66. The molecule has 0 saturated heterocycles. The molecule has 6 nitrogen and oxygen atoms in total. The van der Waals surface area contributed by atoms with E-state index in [2.05, 4.69) is 10.3 Å². The van der Waals surface area contributed by atoms with E-state index in [1.165, 1.54) is 10.5 Å². The molecule has 8 heteroatoms. The molecule has 0 unspecified atom stereocenters. The Morgan fingerprint density at radius 1 is 1.07 bits per heavy atom. The molecule has 1 aromatic carbocycles. The van der Waals surface area contributed by atoms with Crippen LogP contribution in [0.4, 0.5) is 14.5 Å². The van der Waals surface area contributed by atoms with Crippen LogP contribution in [0.5, 0.6) is 0 Å². The summed E-state index contributed by atoms with van der Waals surface area (Å²) in [6, 6.07) is 8.32. The SMILES string of the molecule is CCN(CC)C(=O)c1nc(C(=O)Nc2c(F)cccc2F)n2ccccc12. The Hall–Kier alpha value is -3.29. The van der Waals surface area contributed by atoms with Crippen LogP contribution in [0.1, 0.15) is 35.0 Å². The van der Waals surface area contributed by atoms with Gasteiger partial charge in [0, 0.05) is 19.3 Å². The summed E-state index contributed by atoms with van der Waals surface area (Å²) in [5.41, 5.74) is -0.0150. The predicted molar refractivity (Wildman–Crippen MR) is 96.8 cm³/mol. The number of benzene rings is 1. The van der Waals surface area contributed by atoms with Crippen LogP contribution < -0.4 is 5.32 Å². The molecule has 0 spiro atoms. The third-order valence-corrected chi connectivity index (χ3v) is 4.21. The molecule has 0 radical (unpaired) electrons. The number of hydrogen-bond donors (Lipinski definition) is 1. The van der Waals surface area contributed by atoms with Gasteiger partial charge in [-0.2, -0.15) is 0 Å². The maximum atomic E-state index is 13.8. The van der Waals surface area contributed by atoms with Crippen molar-refractivity contribution in [1.29, 1.82) is 0 Å². The lowest BCUT2D eigenvalue weighted by Gasteiger charge is -2.17. The molecule has 1 N–H and O–H groups in total. The number of halogens is 2. The van der Waals surface area contributed by atoms with Crippen molar-refractivity contribution in [2.24, 2.45) is 0 Å². The minimum absolute atomic E-state index is 0.110. The van der Waals surface area contributed by atoms with Crippen LogP contribution in [0.3, 0.4) is 0 Å². The molecule has 0 saturated carbocycles. The topological polar surface area (TPSA) is 66.7 Å². The molecule has 0 atom stereocenters. The van der Waals surface area contributed by atoms with E-state index >= 15 is 0 Å². The van der Waals surface area contributed by atoms with Gasteiger partial charge in [-0.05, 0) is 38.1 Å². The van der Waals surface area contributed by atoms with Gasteiger partial charge in [-0.15, -0.1) is 0 Å². The first-order valence-corrected chi connectivity index (χ1v) is 8.49. The number of hydrogen-bond acceptors (Lipinski definition) is 3. The zero-order valence-electron chi connectivity index (χ0n) is 14.9. The molecule has 0 aliphatic rings. The van der Waals surface area contributed by atoms with Gasteiger partial charge in [0.15, 0.2) is 5.69 Å². The van der Waals surface area contributed by atoms with Gasteiger partial charge in [-0.1, -0.05) is 12.1 Å². The maximum Gasteiger partial charge on any atom is 0.292 e. The van der Waals surface area contributed by atoms with Crippen LogP contribution in [0.2, 0.25) is 0 Å². The Kier molecular flexibility index (Phi) is 5.16. The molecule has 27 heavy (non-hydrogen) atoms. The predicted octanol–water partition coefficient (Wildman–Crippen LogP) is 3.35. The van der Waals surface area contributed by atoms with E-state index in [1.54, 1.807) is 29.3 Å². The number of imidazole rings is 1. The van der Waals surface area contributed by atoms with Crippen molar-refractivity contribution >= 4 is 23.0 Å². The second-order valence-electron chi connectivity index (χ2n) is 5.77. The Balaban J connectivity index is 2.05. The fourth-order valence-corrected chi connectivity index (χ4v) is 2.80. The molecular formula is C19H18F2N4O2. The van der Waals surface area contributed by atoms with Crippen LogP contribution in [0.25, 0.3) is 5.52 Å². The normalized spacial score (nSPS) is 10.8. The van der Waals surface area contributed by atoms with E-state index in [1.807, 2.05) is 13.8 Å². The number of pyridine rings is 1. The quantitative estimate of drug-likeness (QED) is 0.747. The van der Waals surface area contributed by atoms with Crippen LogP contribution >= 0.6 is 0 Å². The molecule has 3 rings (SSSR count). The van der Waals surface area contributed by atoms with E-state index in [-0.39, 0.29) is 17.4 Å². The summed E-state index contributed by atoms with van der Waals surface area (Å²) in [7, 11) is 0. The highest BCUT2D eigenvalue weighted by Gasteiger charge is 2.25. The van der Waals surface area contributed by atoms with Crippen molar-refractivity contribution in [3.8, 4) is 0 Å². The summed E-state index contributed by atoms with van der Waals surface area (Å²) in [4.78, 5) is 31.1. The van der Waals surface area contributed by atoms with Crippen molar-refractivity contribution in [1.82, 2.24) is 14.3 Å². The number of nitrogens with one attached hydrogen (secondary N) is 1. The number of rotatable bonds is 5. The fourth-order valence-electron chi connectivity index (χ4n) is 2.80. The smallest absolute Gasteiger partial charge is 0.292 e. The second kappa shape index (κ2) is 7.53. The molecule has 0 bridgehead atoms. The van der Waals surface area contributed by atoms with Crippen LogP contribution in [-0.4, -0.2) is 39.2 Å². The van der Waals surface area contributed by atoms with Crippen LogP contribution in [-0.2, 0) is 0 Å². The number of aromatic nitrogens is 2. The lowest BCUT2D eigenvalue weighted by atomic mass is 10.3. The van der Waals surface area contributed by atoms with E-state index in [9.17, 15) is 18.4 Å². The first-order valence-electron chi connectivity index (χ1n) is 8.49. The molecule has 0 fully saturated rings. The third-order valence-electron chi connectivity index (χ3n) is 4.21. The molecule has 2 amide bonds. The Labute approximate surface area is 154 Å². The summed E-state index contributed by atoms with van der Waals surface area (Å²) in [5, 5.41) is 2.20. The number of amides is 2. The highest BCUT2D eigenvalue weighted by molar-refractivity contribution is 6.06. The molecule has 0 aliphatic heterocycles. The largest absolute Gasteiger partial charge is 0.338 e. The Morgan fingerprint density at radius 3 is 2.37 bits per heavy atom. The van der Waals surface area contributed by atoms with Gasteiger partial charge in [-0.3, -0.25) is 14.0 Å². The van der Waals surface area contributed by atoms with Crippen molar-refractivity contribution in [3.63, 3.8) is 0 Å². The summed E-state index contributed by atoms with van der Waals surface area (Å²) >= 11 is 0. The minimum Gasteiger partial charge on any atom is -0.338 e. The fraction of sp³-hybridized carbons (Fsp3) is 0.211. The monoisotopic (exact) mass is 372 g/mol. The molecule has 0 aliphatic carbocycles. The van der Waals surface area contributed by atoms with Gasteiger partial charge >= 0.3 is 0 Å². The molecule has 2 aromatic heterocycles. The van der Waals surface area contributed by atoms with Crippen molar-refractivity contribution in [2.45, 2.75) is 13.8 Å².